The lowest BCUT2D eigenvalue weighted by Gasteiger charge is -2.32. The average molecular weight is 435 g/mol. The molecule has 2 aromatic carbocycles. The van der Waals surface area contributed by atoms with Crippen molar-refractivity contribution in [3.05, 3.63) is 63.6 Å². The van der Waals surface area contributed by atoms with E-state index in [0.717, 1.165) is 55.8 Å². The Morgan fingerprint density at radius 1 is 1.14 bits per heavy atom. The van der Waals surface area contributed by atoms with Crippen LogP contribution >= 0.6 is 23.2 Å². The Hall–Kier alpha value is -1.75. The summed E-state index contributed by atoms with van der Waals surface area (Å²) in [5.74, 6) is 1.00. The maximum atomic E-state index is 12.8. The molecule has 6 heteroatoms. The van der Waals surface area contributed by atoms with Crippen molar-refractivity contribution in [3.8, 4) is 5.75 Å². The molecular weight excluding hydrogens is 407 g/mol. The summed E-state index contributed by atoms with van der Waals surface area (Å²) in [6.07, 6.45) is 2.53. The Bertz CT molecular complexity index is 798. The molecule has 1 fully saturated rings. The minimum absolute atomic E-state index is 0.0216. The number of amides is 1. The van der Waals surface area contributed by atoms with E-state index in [9.17, 15) is 4.79 Å². The largest absolute Gasteiger partial charge is 0.497 e. The minimum Gasteiger partial charge on any atom is -0.497 e. The molecule has 1 aliphatic rings. The first-order valence-electron chi connectivity index (χ1n) is 10.1. The fourth-order valence-electron chi connectivity index (χ4n) is 3.81. The van der Waals surface area contributed by atoms with Gasteiger partial charge in [0.2, 0.25) is 5.91 Å². The first-order valence-corrected chi connectivity index (χ1v) is 10.9. The van der Waals surface area contributed by atoms with E-state index in [-0.39, 0.29) is 17.9 Å². The van der Waals surface area contributed by atoms with Gasteiger partial charge in [-0.3, -0.25) is 9.69 Å². The average Bonchev–Trinajstić information content (AvgIpc) is 2.75. The van der Waals surface area contributed by atoms with Gasteiger partial charge in [0.25, 0.3) is 0 Å². The molecule has 4 nitrogen and oxygen atoms in total. The zero-order chi connectivity index (χ0) is 20.8. The van der Waals surface area contributed by atoms with E-state index >= 15 is 0 Å². The van der Waals surface area contributed by atoms with Crippen LogP contribution in [0.3, 0.4) is 0 Å². The molecule has 29 heavy (non-hydrogen) atoms. The second kappa shape index (κ2) is 10.3. The van der Waals surface area contributed by atoms with Gasteiger partial charge in [0, 0.05) is 28.1 Å². The monoisotopic (exact) mass is 434 g/mol. The van der Waals surface area contributed by atoms with Crippen molar-refractivity contribution in [2.75, 3.05) is 20.2 Å². The van der Waals surface area contributed by atoms with Gasteiger partial charge in [-0.05, 0) is 62.2 Å². The topological polar surface area (TPSA) is 41.6 Å². The van der Waals surface area contributed by atoms with Crippen LogP contribution < -0.4 is 10.1 Å². The summed E-state index contributed by atoms with van der Waals surface area (Å²) in [4.78, 5) is 15.2. The van der Waals surface area contributed by atoms with Gasteiger partial charge >= 0.3 is 0 Å². The van der Waals surface area contributed by atoms with E-state index < -0.39 is 0 Å². The molecule has 1 saturated heterocycles. The van der Waals surface area contributed by atoms with E-state index in [1.165, 1.54) is 0 Å². The van der Waals surface area contributed by atoms with Crippen LogP contribution in [-0.4, -0.2) is 31.0 Å². The number of rotatable bonds is 7. The molecule has 0 unspecified atom stereocenters. The highest BCUT2D eigenvalue weighted by Gasteiger charge is 2.27. The maximum Gasteiger partial charge on any atom is 0.223 e. The number of carbonyl (C=O) groups excluding carboxylic acids is 1. The Kier molecular flexibility index (Phi) is 7.82. The Labute approximate surface area is 183 Å². The first kappa shape index (κ1) is 21.9. The third kappa shape index (κ3) is 5.65. The van der Waals surface area contributed by atoms with Gasteiger partial charge in [-0.25, -0.2) is 0 Å². The second-order valence-corrected chi connectivity index (χ2v) is 8.31. The number of ether oxygens (including phenoxy) is 1. The molecular formula is C23H28Cl2N2O2. The predicted molar refractivity (Wildman–Crippen MR) is 119 cm³/mol. The highest BCUT2D eigenvalue weighted by molar-refractivity contribution is 6.35. The number of likely N-dealkylation sites (tertiary alicyclic amines) is 1. The fourth-order valence-corrected chi connectivity index (χ4v) is 4.32. The van der Waals surface area contributed by atoms with Crippen LogP contribution in [0, 0.1) is 5.92 Å². The number of nitrogens with zero attached hydrogens (tertiary/aromatic N) is 1. The van der Waals surface area contributed by atoms with E-state index in [1.807, 2.05) is 42.5 Å². The lowest BCUT2D eigenvalue weighted by molar-refractivity contribution is -0.127. The molecule has 2 aromatic rings. The Balaban J connectivity index is 1.53. The molecule has 0 radical (unpaired) electrons. The van der Waals surface area contributed by atoms with Gasteiger partial charge in [0.15, 0.2) is 0 Å². The van der Waals surface area contributed by atoms with Crippen molar-refractivity contribution in [1.82, 2.24) is 10.2 Å². The number of halogens is 2. The summed E-state index contributed by atoms with van der Waals surface area (Å²) in [5, 5.41) is 4.63. The van der Waals surface area contributed by atoms with Crippen LogP contribution in [0.2, 0.25) is 10.0 Å². The van der Waals surface area contributed by atoms with E-state index in [2.05, 4.69) is 17.1 Å². The van der Waals surface area contributed by atoms with Crippen LogP contribution in [0.25, 0.3) is 0 Å². The van der Waals surface area contributed by atoms with Crippen molar-refractivity contribution in [1.29, 1.82) is 0 Å². The number of hydrogen-bond donors (Lipinski definition) is 1. The summed E-state index contributed by atoms with van der Waals surface area (Å²) in [7, 11) is 1.65. The van der Waals surface area contributed by atoms with Crippen molar-refractivity contribution in [3.63, 3.8) is 0 Å². The molecule has 3 rings (SSSR count). The molecule has 0 saturated carbocycles. The zero-order valence-electron chi connectivity index (χ0n) is 17.0. The van der Waals surface area contributed by atoms with Gasteiger partial charge in [-0.1, -0.05) is 48.3 Å². The Morgan fingerprint density at radius 2 is 1.76 bits per heavy atom. The number of benzene rings is 2. The van der Waals surface area contributed by atoms with Gasteiger partial charge in [-0.15, -0.1) is 0 Å². The van der Waals surface area contributed by atoms with Crippen molar-refractivity contribution < 1.29 is 9.53 Å². The summed E-state index contributed by atoms with van der Waals surface area (Å²) in [5.41, 5.74) is 2.07. The van der Waals surface area contributed by atoms with Crippen LogP contribution in [0.4, 0.5) is 0 Å². The van der Waals surface area contributed by atoms with Crippen LogP contribution in [-0.2, 0) is 11.3 Å². The maximum absolute atomic E-state index is 12.8. The summed E-state index contributed by atoms with van der Waals surface area (Å²) in [6.45, 7) is 4.53. The van der Waals surface area contributed by atoms with Crippen LogP contribution in [0.1, 0.15) is 43.4 Å². The molecule has 156 valence electrons. The van der Waals surface area contributed by atoms with Gasteiger partial charge < -0.3 is 10.1 Å². The molecule has 1 heterocycles. The number of piperidine rings is 1. The van der Waals surface area contributed by atoms with Gasteiger partial charge in [0.1, 0.15) is 5.75 Å². The van der Waals surface area contributed by atoms with Crippen LogP contribution in [0.5, 0.6) is 5.75 Å². The van der Waals surface area contributed by atoms with Crippen molar-refractivity contribution >= 4 is 29.1 Å². The highest BCUT2D eigenvalue weighted by atomic mass is 35.5. The SMILES string of the molecule is CC[C@@H](NC(=O)C1CCN(Cc2c(Cl)cccc2Cl)CC1)c1ccc(OC)cc1. The molecule has 1 aliphatic heterocycles. The van der Waals surface area contributed by atoms with E-state index in [1.54, 1.807) is 7.11 Å². The molecule has 1 N–H and O–H groups in total. The summed E-state index contributed by atoms with van der Waals surface area (Å²) >= 11 is 12.6. The van der Waals surface area contributed by atoms with Gasteiger partial charge in [0.05, 0.1) is 13.2 Å². The van der Waals surface area contributed by atoms with Gasteiger partial charge in [-0.2, -0.15) is 0 Å². The Morgan fingerprint density at radius 3 is 2.31 bits per heavy atom. The van der Waals surface area contributed by atoms with E-state index in [0.29, 0.717) is 10.0 Å². The standard InChI is InChI=1S/C23H28Cl2N2O2/c1-3-22(16-7-9-18(29-2)10-8-16)26-23(28)17-11-13-27(14-12-17)15-19-20(24)5-4-6-21(19)25/h4-10,17,22H,3,11-15H2,1-2H3,(H,26,28)/t22-/m1/s1. The second-order valence-electron chi connectivity index (χ2n) is 7.49. The van der Waals surface area contributed by atoms with Crippen LogP contribution in [0.15, 0.2) is 42.5 Å². The summed E-state index contributed by atoms with van der Waals surface area (Å²) < 4.78 is 5.22. The third-order valence-corrected chi connectivity index (χ3v) is 6.35. The quantitative estimate of drug-likeness (QED) is 0.626. The summed E-state index contributed by atoms with van der Waals surface area (Å²) in [6, 6.07) is 13.5. The lowest BCUT2D eigenvalue weighted by Crippen LogP contribution is -2.41. The van der Waals surface area contributed by atoms with Crippen molar-refractivity contribution in [2.24, 2.45) is 5.92 Å². The first-order chi connectivity index (χ1) is 14.0. The van der Waals surface area contributed by atoms with Crippen molar-refractivity contribution in [2.45, 2.75) is 38.8 Å². The molecule has 1 atom stereocenters. The van der Waals surface area contributed by atoms with E-state index in [4.69, 9.17) is 27.9 Å². The smallest absolute Gasteiger partial charge is 0.223 e. The number of methoxy groups -OCH3 is 1. The fraction of sp³-hybridized carbons (Fsp3) is 0.435. The number of nitrogens with one attached hydrogen (secondary N) is 1. The molecule has 0 spiro atoms. The lowest BCUT2D eigenvalue weighted by atomic mass is 9.94. The number of hydrogen-bond acceptors (Lipinski definition) is 3. The molecule has 0 aliphatic carbocycles. The molecule has 1 amide bonds. The molecule has 0 bridgehead atoms. The number of carbonyl (C=O) groups is 1. The molecule has 0 aromatic heterocycles. The normalized spacial score (nSPS) is 16.4. The zero-order valence-corrected chi connectivity index (χ0v) is 18.5. The highest BCUT2D eigenvalue weighted by Crippen LogP contribution is 2.28. The third-order valence-electron chi connectivity index (χ3n) is 5.64. The predicted octanol–water partition coefficient (Wildman–Crippen LogP) is 5.48. The minimum atomic E-state index is 0.0216.